The third kappa shape index (κ3) is 3.59. The van der Waals surface area contributed by atoms with Crippen LogP contribution in [0.2, 0.25) is 0 Å². The van der Waals surface area contributed by atoms with Crippen LogP contribution in [-0.4, -0.2) is 17.6 Å². The van der Waals surface area contributed by atoms with Gasteiger partial charge in [-0.2, -0.15) is 0 Å². The fourth-order valence-electron chi connectivity index (χ4n) is 0.334. The standard InChI is InChI=1S/C9H18O2S/c1-8(2,3)9(4,5)12-11-7-6-10/h6H,7H2,1-5H3. The fourth-order valence-corrected chi connectivity index (χ4v) is 1.00. The SMILES string of the molecule is CC(C)(C)C(C)(C)SOCC=O. The van der Waals surface area contributed by atoms with Crippen molar-refractivity contribution in [2.75, 3.05) is 6.61 Å². The maximum atomic E-state index is 10.0. The lowest BCUT2D eigenvalue weighted by atomic mass is 9.83. The van der Waals surface area contributed by atoms with Crippen molar-refractivity contribution in [2.24, 2.45) is 5.41 Å². The highest BCUT2D eigenvalue weighted by molar-refractivity contribution is 7.96. The first kappa shape index (κ1) is 12.0. The van der Waals surface area contributed by atoms with Crippen LogP contribution in [0.5, 0.6) is 0 Å². The minimum atomic E-state index is 0.0238. The normalized spacial score (nSPS) is 13.1. The van der Waals surface area contributed by atoms with Crippen LogP contribution in [0.1, 0.15) is 34.6 Å². The van der Waals surface area contributed by atoms with Gasteiger partial charge >= 0.3 is 0 Å². The molecule has 0 bridgehead atoms. The lowest BCUT2D eigenvalue weighted by molar-refractivity contribution is -0.109. The van der Waals surface area contributed by atoms with E-state index in [2.05, 4.69) is 34.6 Å². The molecule has 12 heavy (non-hydrogen) atoms. The van der Waals surface area contributed by atoms with Gasteiger partial charge in [-0.15, -0.1) is 0 Å². The largest absolute Gasteiger partial charge is 0.307 e. The van der Waals surface area contributed by atoms with Gasteiger partial charge in [0.15, 0.2) is 0 Å². The number of hydrogen-bond acceptors (Lipinski definition) is 3. The highest BCUT2D eigenvalue weighted by Gasteiger charge is 2.34. The van der Waals surface area contributed by atoms with Gasteiger partial charge in [-0.25, -0.2) is 0 Å². The van der Waals surface area contributed by atoms with Crippen molar-refractivity contribution in [3.63, 3.8) is 0 Å². The molecule has 0 aromatic carbocycles. The second kappa shape index (κ2) is 4.28. The number of carbonyl (C=O) groups excluding carboxylic acids is 1. The Hall–Kier alpha value is -0.0200. The molecule has 2 nitrogen and oxygen atoms in total. The van der Waals surface area contributed by atoms with Crippen molar-refractivity contribution in [3.05, 3.63) is 0 Å². The third-order valence-corrected chi connectivity index (χ3v) is 3.49. The molecular formula is C9H18O2S. The van der Waals surface area contributed by atoms with Gasteiger partial charge in [0.05, 0.1) is 0 Å². The van der Waals surface area contributed by atoms with Crippen molar-refractivity contribution in [3.8, 4) is 0 Å². The van der Waals surface area contributed by atoms with E-state index in [0.29, 0.717) is 0 Å². The topological polar surface area (TPSA) is 26.3 Å². The molecule has 0 saturated heterocycles. The van der Waals surface area contributed by atoms with Gasteiger partial charge in [0.2, 0.25) is 0 Å². The van der Waals surface area contributed by atoms with Gasteiger partial charge in [-0.3, -0.25) is 0 Å². The van der Waals surface area contributed by atoms with Crippen LogP contribution in [-0.2, 0) is 8.98 Å². The summed E-state index contributed by atoms with van der Waals surface area (Å²) in [7, 11) is 0. The Morgan fingerprint density at radius 2 is 1.75 bits per heavy atom. The summed E-state index contributed by atoms with van der Waals surface area (Å²) in [4.78, 5) is 10.0. The lowest BCUT2D eigenvalue weighted by Gasteiger charge is -2.36. The van der Waals surface area contributed by atoms with Crippen LogP contribution < -0.4 is 0 Å². The Kier molecular flexibility index (Phi) is 4.28. The van der Waals surface area contributed by atoms with Gasteiger partial charge in [-0.05, 0) is 31.3 Å². The van der Waals surface area contributed by atoms with E-state index in [0.717, 1.165) is 6.29 Å². The summed E-state index contributed by atoms with van der Waals surface area (Å²) in [5, 5.41) is 0. The molecule has 0 spiro atoms. The Morgan fingerprint density at radius 1 is 1.25 bits per heavy atom. The summed E-state index contributed by atoms with van der Waals surface area (Å²) in [6.45, 7) is 10.9. The number of hydrogen-bond donors (Lipinski definition) is 0. The van der Waals surface area contributed by atoms with Gasteiger partial charge in [0.25, 0.3) is 0 Å². The van der Waals surface area contributed by atoms with Crippen LogP contribution in [0, 0.1) is 5.41 Å². The summed E-state index contributed by atoms with van der Waals surface area (Å²) in [5.41, 5.74) is 0.167. The molecule has 0 aromatic rings. The monoisotopic (exact) mass is 190 g/mol. The van der Waals surface area contributed by atoms with E-state index in [1.807, 2.05) is 0 Å². The van der Waals surface area contributed by atoms with Crippen LogP contribution in [0.4, 0.5) is 0 Å². The van der Waals surface area contributed by atoms with Crippen molar-refractivity contribution < 1.29 is 8.98 Å². The molecule has 0 aromatic heterocycles. The van der Waals surface area contributed by atoms with Gasteiger partial charge in [0, 0.05) is 4.75 Å². The molecule has 0 saturated carbocycles. The molecule has 0 radical (unpaired) electrons. The van der Waals surface area contributed by atoms with Crippen molar-refractivity contribution >= 4 is 18.3 Å². The Bertz CT molecular complexity index is 147. The zero-order valence-electron chi connectivity index (χ0n) is 8.51. The molecule has 0 aliphatic heterocycles. The highest BCUT2D eigenvalue weighted by Crippen LogP contribution is 2.41. The van der Waals surface area contributed by atoms with E-state index in [1.54, 1.807) is 0 Å². The molecule has 0 aliphatic carbocycles. The van der Waals surface area contributed by atoms with E-state index in [1.165, 1.54) is 12.0 Å². The average molecular weight is 190 g/mol. The first-order valence-electron chi connectivity index (χ1n) is 4.05. The predicted molar refractivity (Wildman–Crippen MR) is 53.1 cm³/mol. The summed E-state index contributed by atoms with van der Waals surface area (Å²) >= 11 is 1.38. The van der Waals surface area contributed by atoms with Gasteiger partial charge in [0.1, 0.15) is 12.9 Å². The van der Waals surface area contributed by atoms with E-state index >= 15 is 0 Å². The van der Waals surface area contributed by atoms with Crippen molar-refractivity contribution in [1.29, 1.82) is 0 Å². The molecule has 72 valence electrons. The van der Waals surface area contributed by atoms with E-state index < -0.39 is 0 Å². The third-order valence-electron chi connectivity index (χ3n) is 2.21. The smallest absolute Gasteiger partial charge is 0.146 e. The van der Waals surface area contributed by atoms with Crippen molar-refractivity contribution in [2.45, 2.75) is 39.4 Å². The average Bonchev–Trinajstić information content (AvgIpc) is 1.85. The van der Waals surface area contributed by atoms with Crippen molar-refractivity contribution in [1.82, 2.24) is 0 Å². The minimum Gasteiger partial charge on any atom is -0.307 e. The zero-order chi connectivity index (χ0) is 9.83. The predicted octanol–water partition coefficient (Wildman–Crippen LogP) is 2.67. The summed E-state index contributed by atoms with van der Waals surface area (Å²) in [6, 6.07) is 0. The molecule has 0 N–H and O–H groups in total. The highest BCUT2D eigenvalue weighted by atomic mass is 32.2. The van der Waals surface area contributed by atoms with E-state index in [4.69, 9.17) is 4.18 Å². The molecule has 0 aliphatic rings. The maximum absolute atomic E-state index is 10.0. The number of rotatable bonds is 4. The van der Waals surface area contributed by atoms with Crippen LogP contribution >= 0.6 is 12.0 Å². The number of carbonyl (C=O) groups is 1. The Labute approximate surface area is 79.3 Å². The summed E-state index contributed by atoms with van der Waals surface area (Å²) in [5.74, 6) is 0. The molecule has 0 amide bonds. The molecule has 0 heterocycles. The van der Waals surface area contributed by atoms with Crippen LogP contribution in [0.25, 0.3) is 0 Å². The fraction of sp³-hybridized carbons (Fsp3) is 0.889. The first-order chi connectivity index (χ1) is 5.31. The van der Waals surface area contributed by atoms with Crippen LogP contribution in [0.15, 0.2) is 0 Å². The molecular weight excluding hydrogens is 172 g/mol. The summed E-state index contributed by atoms with van der Waals surface area (Å²) < 4.78 is 5.15. The maximum Gasteiger partial charge on any atom is 0.146 e. The molecule has 3 heteroatoms. The Morgan fingerprint density at radius 3 is 2.08 bits per heavy atom. The zero-order valence-corrected chi connectivity index (χ0v) is 9.33. The van der Waals surface area contributed by atoms with Crippen LogP contribution in [0.3, 0.4) is 0 Å². The number of aldehydes is 1. The van der Waals surface area contributed by atoms with E-state index in [9.17, 15) is 4.79 Å². The summed E-state index contributed by atoms with van der Waals surface area (Å²) in [6.07, 6.45) is 0.770. The molecule has 0 fully saturated rings. The Balaban J connectivity index is 3.95. The second-order valence-electron chi connectivity index (χ2n) is 4.29. The van der Waals surface area contributed by atoms with E-state index in [-0.39, 0.29) is 16.8 Å². The van der Waals surface area contributed by atoms with Gasteiger partial charge < -0.3 is 8.98 Å². The molecule has 0 rings (SSSR count). The molecule has 0 unspecified atom stereocenters. The first-order valence-corrected chi connectivity index (χ1v) is 4.79. The molecule has 0 atom stereocenters. The second-order valence-corrected chi connectivity index (χ2v) is 5.72. The van der Waals surface area contributed by atoms with Gasteiger partial charge in [-0.1, -0.05) is 20.8 Å². The quantitative estimate of drug-likeness (QED) is 0.387. The minimum absolute atomic E-state index is 0.0238. The lowest BCUT2D eigenvalue weighted by Crippen LogP contribution is -2.33.